The molecule has 0 amide bonds. The number of aliphatic imine (C=N–C) groups is 1. The van der Waals surface area contributed by atoms with Crippen molar-refractivity contribution in [3.05, 3.63) is 57.8 Å². The molecule has 0 radical (unpaired) electrons. The third-order valence-electron chi connectivity index (χ3n) is 3.67. The van der Waals surface area contributed by atoms with E-state index in [0.717, 1.165) is 22.2 Å². The Bertz CT molecular complexity index is 707. The molecule has 0 saturated heterocycles. The Morgan fingerprint density at radius 1 is 1.25 bits per heavy atom. The molecule has 0 unspecified atom stereocenters. The van der Waals surface area contributed by atoms with Gasteiger partial charge in [0, 0.05) is 50.1 Å². The van der Waals surface area contributed by atoms with Gasteiger partial charge in [0.15, 0.2) is 5.96 Å². The van der Waals surface area contributed by atoms with Crippen LogP contribution in [0.4, 0.5) is 8.78 Å². The van der Waals surface area contributed by atoms with Crippen molar-refractivity contribution in [3.8, 4) is 0 Å². The molecule has 7 heteroatoms. The fourth-order valence-corrected chi connectivity index (χ4v) is 3.07. The fourth-order valence-electron chi connectivity index (χ4n) is 2.50. The first-order valence-electron chi connectivity index (χ1n) is 7.56. The number of hydrogen-bond acceptors (Lipinski definition) is 1. The van der Waals surface area contributed by atoms with Gasteiger partial charge in [-0.05, 0) is 46.1 Å². The first-order chi connectivity index (χ1) is 11.4. The molecule has 0 aliphatic carbocycles. The average molecular weight is 399 g/mol. The standard InChI is InChI=1S/C17H21BrF2N4/c1-21-17(24(3)11-16-8-13(18)10-23(16)2)22-5-4-12-6-14(19)9-15(20)7-12/h6-10H,4-5,11H2,1-3H3,(H,21,22). The van der Waals surface area contributed by atoms with Crippen molar-refractivity contribution < 1.29 is 8.78 Å². The van der Waals surface area contributed by atoms with Gasteiger partial charge in [-0.1, -0.05) is 0 Å². The predicted molar refractivity (Wildman–Crippen MR) is 96.0 cm³/mol. The van der Waals surface area contributed by atoms with E-state index in [0.29, 0.717) is 25.1 Å². The lowest BCUT2D eigenvalue weighted by Gasteiger charge is -2.22. The molecular formula is C17H21BrF2N4. The van der Waals surface area contributed by atoms with Gasteiger partial charge in [-0.2, -0.15) is 0 Å². The minimum atomic E-state index is -0.555. The van der Waals surface area contributed by atoms with E-state index in [9.17, 15) is 8.78 Å². The molecule has 130 valence electrons. The summed E-state index contributed by atoms with van der Waals surface area (Å²) in [5.74, 6) is -0.384. The van der Waals surface area contributed by atoms with Crippen LogP contribution in [0.15, 0.2) is 39.9 Å². The van der Waals surface area contributed by atoms with Gasteiger partial charge in [-0.15, -0.1) is 0 Å². The topological polar surface area (TPSA) is 32.6 Å². The molecule has 0 fully saturated rings. The van der Waals surface area contributed by atoms with Crippen LogP contribution in [-0.4, -0.2) is 36.1 Å². The summed E-state index contributed by atoms with van der Waals surface area (Å²) in [4.78, 5) is 6.24. The second-order valence-electron chi connectivity index (χ2n) is 5.62. The summed E-state index contributed by atoms with van der Waals surface area (Å²) in [5, 5.41) is 3.21. The molecule has 2 aromatic rings. The van der Waals surface area contributed by atoms with Gasteiger partial charge in [0.2, 0.25) is 0 Å². The third kappa shape index (κ3) is 5.06. The number of aryl methyl sites for hydroxylation is 1. The van der Waals surface area contributed by atoms with Crippen LogP contribution < -0.4 is 5.32 Å². The van der Waals surface area contributed by atoms with Crippen LogP contribution in [0, 0.1) is 11.6 Å². The molecular weight excluding hydrogens is 378 g/mol. The van der Waals surface area contributed by atoms with Crippen molar-refractivity contribution in [2.75, 3.05) is 20.6 Å². The van der Waals surface area contributed by atoms with Gasteiger partial charge in [-0.25, -0.2) is 8.78 Å². The van der Waals surface area contributed by atoms with Crippen molar-refractivity contribution in [1.82, 2.24) is 14.8 Å². The number of benzene rings is 1. The summed E-state index contributed by atoms with van der Waals surface area (Å²) in [6.45, 7) is 1.23. The van der Waals surface area contributed by atoms with E-state index < -0.39 is 11.6 Å². The monoisotopic (exact) mass is 398 g/mol. The van der Waals surface area contributed by atoms with Crippen LogP contribution in [0.3, 0.4) is 0 Å². The SMILES string of the molecule is CN=C(NCCc1cc(F)cc(F)c1)N(C)Cc1cc(Br)cn1C. The van der Waals surface area contributed by atoms with Crippen molar-refractivity contribution >= 4 is 21.9 Å². The maximum absolute atomic E-state index is 13.2. The highest BCUT2D eigenvalue weighted by atomic mass is 79.9. The summed E-state index contributed by atoms with van der Waals surface area (Å²) in [6, 6.07) is 5.62. The number of aromatic nitrogens is 1. The highest BCUT2D eigenvalue weighted by Gasteiger charge is 2.09. The van der Waals surface area contributed by atoms with E-state index in [2.05, 4.69) is 32.3 Å². The van der Waals surface area contributed by atoms with Crippen LogP contribution in [0.2, 0.25) is 0 Å². The molecule has 2 rings (SSSR count). The molecule has 0 atom stereocenters. The van der Waals surface area contributed by atoms with E-state index in [1.807, 2.05) is 29.8 Å². The summed E-state index contributed by atoms with van der Waals surface area (Å²) in [6.07, 6.45) is 2.51. The zero-order valence-electron chi connectivity index (χ0n) is 14.0. The molecule has 0 aliphatic heterocycles. The Hall–Kier alpha value is -1.89. The molecule has 0 saturated carbocycles. The van der Waals surface area contributed by atoms with Crippen molar-refractivity contribution in [3.63, 3.8) is 0 Å². The lowest BCUT2D eigenvalue weighted by Crippen LogP contribution is -2.39. The van der Waals surface area contributed by atoms with Crippen molar-refractivity contribution in [2.24, 2.45) is 12.0 Å². The fraction of sp³-hybridized carbons (Fsp3) is 0.353. The number of guanidine groups is 1. The average Bonchev–Trinajstić information content (AvgIpc) is 2.80. The van der Waals surface area contributed by atoms with E-state index in [-0.39, 0.29) is 0 Å². The molecule has 0 spiro atoms. The number of halogens is 3. The third-order valence-corrected chi connectivity index (χ3v) is 4.10. The van der Waals surface area contributed by atoms with Gasteiger partial charge in [0.05, 0.1) is 6.54 Å². The number of rotatable bonds is 5. The minimum Gasteiger partial charge on any atom is -0.356 e. The Morgan fingerprint density at radius 2 is 1.92 bits per heavy atom. The van der Waals surface area contributed by atoms with Crippen LogP contribution in [0.25, 0.3) is 0 Å². The Labute approximate surface area is 149 Å². The van der Waals surface area contributed by atoms with Crippen LogP contribution in [-0.2, 0) is 20.0 Å². The van der Waals surface area contributed by atoms with Gasteiger partial charge in [-0.3, -0.25) is 4.99 Å². The quantitative estimate of drug-likeness (QED) is 0.618. The normalized spacial score (nSPS) is 11.7. The maximum Gasteiger partial charge on any atom is 0.193 e. The predicted octanol–water partition coefficient (Wildman–Crippen LogP) is 3.32. The lowest BCUT2D eigenvalue weighted by molar-refractivity contribution is 0.462. The molecule has 1 heterocycles. The van der Waals surface area contributed by atoms with Crippen LogP contribution in [0.5, 0.6) is 0 Å². The summed E-state index contributed by atoms with van der Waals surface area (Å²) in [5.41, 5.74) is 1.75. The minimum absolute atomic E-state index is 0.511. The Kier molecular flexibility index (Phi) is 6.36. The zero-order valence-corrected chi connectivity index (χ0v) is 15.6. The second-order valence-corrected chi connectivity index (χ2v) is 6.53. The Balaban J connectivity index is 1.90. The summed E-state index contributed by atoms with van der Waals surface area (Å²) in [7, 11) is 5.64. The van der Waals surface area contributed by atoms with Crippen molar-refractivity contribution in [2.45, 2.75) is 13.0 Å². The van der Waals surface area contributed by atoms with Crippen molar-refractivity contribution in [1.29, 1.82) is 0 Å². The molecule has 0 bridgehead atoms. The van der Waals surface area contributed by atoms with Gasteiger partial charge < -0.3 is 14.8 Å². The second kappa shape index (κ2) is 8.28. The Morgan fingerprint density at radius 3 is 2.46 bits per heavy atom. The smallest absolute Gasteiger partial charge is 0.193 e. The maximum atomic E-state index is 13.2. The summed E-state index contributed by atoms with van der Waals surface area (Å²) < 4.78 is 29.5. The van der Waals surface area contributed by atoms with E-state index in [4.69, 9.17) is 0 Å². The molecule has 0 aliphatic rings. The van der Waals surface area contributed by atoms with Gasteiger partial charge in [0.1, 0.15) is 11.6 Å². The first-order valence-corrected chi connectivity index (χ1v) is 8.36. The number of nitrogens with zero attached hydrogens (tertiary/aromatic N) is 3. The number of nitrogens with one attached hydrogen (secondary N) is 1. The molecule has 1 aromatic heterocycles. The first kappa shape index (κ1) is 18.4. The zero-order chi connectivity index (χ0) is 17.7. The molecule has 4 nitrogen and oxygen atoms in total. The number of hydrogen-bond donors (Lipinski definition) is 1. The molecule has 24 heavy (non-hydrogen) atoms. The largest absolute Gasteiger partial charge is 0.356 e. The van der Waals surface area contributed by atoms with E-state index in [1.54, 1.807) is 7.05 Å². The van der Waals surface area contributed by atoms with E-state index >= 15 is 0 Å². The van der Waals surface area contributed by atoms with Gasteiger partial charge in [0.25, 0.3) is 0 Å². The molecule has 1 N–H and O–H groups in total. The highest BCUT2D eigenvalue weighted by molar-refractivity contribution is 9.10. The summed E-state index contributed by atoms with van der Waals surface area (Å²) >= 11 is 3.46. The van der Waals surface area contributed by atoms with Gasteiger partial charge >= 0.3 is 0 Å². The lowest BCUT2D eigenvalue weighted by atomic mass is 10.1. The van der Waals surface area contributed by atoms with E-state index in [1.165, 1.54) is 12.1 Å². The van der Waals surface area contributed by atoms with Crippen LogP contribution in [0.1, 0.15) is 11.3 Å². The highest BCUT2D eigenvalue weighted by Crippen LogP contribution is 2.15. The molecule has 1 aromatic carbocycles. The van der Waals surface area contributed by atoms with Crippen LogP contribution >= 0.6 is 15.9 Å².